The Morgan fingerprint density at radius 2 is 1.02 bits per heavy atom. The van der Waals surface area contributed by atoms with Crippen molar-refractivity contribution in [3.8, 4) is 0 Å². The van der Waals surface area contributed by atoms with Crippen molar-refractivity contribution in [1.82, 2.24) is 0 Å². The van der Waals surface area contributed by atoms with Crippen molar-refractivity contribution in [3.05, 3.63) is 199 Å². The number of hydrogen-bond donors (Lipinski definition) is 0. The van der Waals surface area contributed by atoms with E-state index < -0.39 is 0 Å². The molecule has 248 valence electrons. The minimum atomic E-state index is 0.330. The van der Waals surface area contributed by atoms with Gasteiger partial charge in [-0.05, 0) is 111 Å². The molecular weight excluding hydrogens is 629 g/mol. The highest BCUT2D eigenvalue weighted by Crippen LogP contribution is 2.44. The van der Waals surface area contributed by atoms with E-state index >= 15 is 0 Å². The molecule has 0 aromatic heterocycles. The predicted octanol–water partition coefficient (Wildman–Crippen LogP) is 13.5. The molecular formula is C50H38N2. The topological polar surface area (TPSA) is 6.48 Å². The van der Waals surface area contributed by atoms with Gasteiger partial charge in [-0.3, -0.25) is 0 Å². The van der Waals surface area contributed by atoms with Crippen LogP contribution in [-0.4, -0.2) is 6.04 Å². The van der Waals surface area contributed by atoms with Crippen LogP contribution in [0.1, 0.15) is 17.5 Å². The number of rotatable bonds is 6. The number of fused-ring (bicyclic) bond motifs is 7. The van der Waals surface area contributed by atoms with Gasteiger partial charge >= 0.3 is 0 Å². The molecule has 2 heteroatoms. The van der Waals surface area contributed by atoms with Crippen molar-refractivity contribution in [1.29, 1.82) is 0 Å². The van der Waals surface area contributed by atoms with Gasteiger partial charge in [-0.15, -0.1) is 0 Å². The van der Waals surface area contributed by atoms with Crippen LogP contribution in [0.25, 0.3) is 43.1 Å². The van der Waals surface area contributed by atoms with Gasteiger partial charge in [0.15, 0.2) is 0 Å². The molecule has 1 aliphatic rings. The van der Waals surface area contributed by atoms with Crippen LogP contribution in [0.3, 0.4) is 0 Å². The molecule has 0 aliphatic heterocycles. The quantitative estimate of drug-likeness (QED) is 0.163. The lowest BCUT2D eigenvalue weighted by Crippen LogP contribution is -2.36. The second kappa shape index (κ2) is 12.7. The third kappa shape index (κ3) is 5.18. The van der Waals surface area contributed by atoms with Crippen molar-refractivity contribution in [2.75, 3.05) is 9.80 Å². The van der Waals surface area contributed by atoms with Gasteiger partial charge in [0.05, 0.1) is 5.69 Å². The van der Waals surface area contributed by atoms with Crippen LogP contribution < -0.4 is 9.80 Å². The van der Waals surface area contributed by atoms with Gasteiger partial charge in [0, 0.05) is 39.6 Å². The van der Waals surface area contributed by atoms with Crippen molar-refractivity contribution in [2.45, 2.75) is 25.3 Å². The Bertz CT molecular complexity index is 2730. The standard InChI is InChI=1S/C50H38N2/c1-3-17-39(18-4-1)51(49-25-13-16-35-14-7-10-22-46(35)49)41-28-30-44-37(32-41)26-27-38-33-42(29-31-45(38)44)52(40-19-5-2-6-20-40)50-34-36-15-8-9-21-43(36)47-23-11-12-24-48(47)50/h1-28,30,32,34,42H,29,31,33H2. The van der Waals surface area contributed by atoms with Crippen LogP contribution in [0.15, 0.2) is 188 Å². The minimum absolute atomic E-state index is 0.330. The highest BCUT2D eigenvalue weighted by molar-refractivity contribution is 6.13. The summed E-state index contributed by atoms with van der Waals surface area (Å²) in [6.45, 7) is 0. The van der Waals surface area contributed by atoms with E-state index in [1.54, 1.807) is 0 Å². The number of para-hydroxylation sites is 2. The van der Waals surface area contributed by atoms with E-state index in [0.717, 1.165) is 24.9 Å². The van der Waals surface area contributed by atoms with E-state index in [1.165, 1.54) is 77.0 Å². The largest absolute Gasteiger partial charge is 0.338 e. The summed E-state index contributed by atoms with van der Waals surface area (Å²) in [5.74, 6) is 0. The van der Waals surface area contributed by atoms with Gasteiger partial charge in [0.25, 0.3) is 0 Å². The lowest BCUT2D eigenvalue weighted by Gasteiger charge is -2.38. The van der Waals surface area contributed by atoms with Crippen LogP contribution in [0.4, 0.5) is 28.4 Å². The summed E-state index contributed by atoms with van der Waals surface area (Å²) in [6, 6.07) is 69.4. The molecule has 9 aromatic carbocycles. The molecule has 0 N–H and O–H groups in total. The molecule has 0 bridgehead atoms. The lowest BCUT2D eigenvalue weighted by atomic mass is 9.83. The van der Waals surface area contributed by atoms with Gasteiger partial charge in [0.1, 0.15) is 0 Å². The summed E-state index contributed by atoms with van der Waals surface area (Å²) >= 11 is 0. The van der Waals surface area contributed by atoms with Crippen LogP contribution >= 0.6 is 0 Å². The lowest BCUT2D eigenvalue weighted by molar-refractivity contribution is 0.566. The Balaban J connectivity index is 1.06. The second-order valence-corrected chi connectivity index (χ2v) is 14.0. The molecule has 52 heavy (non-hydrogen) atoms. The SMILES string of the molecule is c1ccc(N(c2ccc3c4c(ccc3c2)CC(N(c2ccccc2)c2cc3ccccc3c3ccccc23)CC4)c2cccc3ccccc23)cc1. The van der Waals surface area contributed by atoms with Gasteiger partial charge in [-0.25, -0.2) is 0 Å². The summed E-state index contributed by atoms with van der Waals surface area (Å²) in [5.41, 5.74) is 8.99. The van der Waals surface area contributed by atoms with Gasteiger partial charge in [-0.2, -0.15) is 0 Å². The van der Waals surface area contributed by atoms with Crippen molar-refractivity contribution in [3.63, 3.8) is 0 Å². The molecule has 9 aromatic rings. The molecule has 1 atom stereocenters. The molecule has 0 saturated carbocycles. The second-order valence-electron chi connectivity index (χ2n) is 14.0. The fourth-order valence-electron chi connectivity index (χ4n) is 8.72. The van der Waals surface area contributed by atoms with E-state index in [-0.39, 0.29) is 0 Å². The summed E-state index contributed by atoms with van der Waals surface area (Å²) in [6.07, 6.45) is 3.11. The Labute approximate surface area is 304 Å². The van der Waals surface area contributed by atoms with E-state index in [0.29, 0.717) is 6.04 Å². The maximum Gasteiger partial charge on any atom is 0.0540 e. The average molecular weight is 667 g/mol. The number of benzene rings is 9. The van der Waals surface area contributed by atoms with E-state index in [2.05, 4.69) is 198 Å². The fraction of sp³-hybridized carbons (Fsp3) is 0.0800. The average Bonchev–Trinajstić information content (AvgIpc) is 3.22. The summed E-state index contributed by atoms with van der Waals surface area (Å²) in [4.78, 5) is 5.04. The van der Waals surface area contributed by atoms with E-state index in [1.807, 2.05) is 0 Å². The summed E-state index contributed by atoms with van der Waals surface area (Å²) in [5, 5.41) is 10.3. The zero-order valence-corrected chi connectivity index (χ0v) is 29.0. The molecule has 0 spiro atoms. The first-order valence-electron chi connectivity index (χ1n) is 18.4. The first-order valence-corrected chi connectivity index (χ1v) is 18.4. The van der Waals surface area contributed by atoms with Crippen molar-refractivity contribution in [2.24, 2.45) is 0 Å². The summed E-state index contributed by atoms with van der Waals surface area (Å²) < 4.78 is 0. The monoisotopic (exact) mass is 666 g/mol. The molecule has 0 heterocycles. The Morgan fingerprint density at radius 1 is 0.385 bits per heavy atom. The first kappa shape index (κ1) is 30.4. The molecule has 2 nitrogen and oxygen atoms in total. The zero-order chi connectivity index (χ0) is 34.4. The van der Waals surface area contributed by atoms with Gasteiger partial charge < -0.3 is 9.80 Å². The third-order valence-electron chi connectivity index (χ3n) is 11.1. The molecule has 10 rings (SSSR count). The normalized spacial score (nSPS) is 14.1. The van der Waals surface area contributed by atoms with Crippen LogP contribution in [0.2, 0.25) is 0 Å². The minimum Gasteiger partial charge on any atom is -0.338 e. The number of anilines is 5. The zero-order valence-electron chi connectivity index (χ0n) is 29.0. The van der Waals surface area contributed by atoms with Crippen LogP contribution in [0, 0.1) is 0 Å². The number of aryl methyl sites for hydroxylation is 1. The molecule has 0 fully saturated rings. The molecule has 0 saturated heterocycles. The van der Waals surface area contributed by atoms with Crippen molar-refractivity contribution >= 4 is 71.5 Å². The predicted molar refractivity (Wildman–Crippen MR) is 222 cm³/mol. The van der Waals surface area contributed by atoms with Crippen LogP contribution in [-0.2, 0) is 12.8 Å². The molecule has 0 radical (unpaired) electrons. The van der Waals surface area contributed by atoms with Gasteiger partial charge in [0.2, 0.25) is 0 Å². The fourth-order valence-corrected chi connectivity index (χ4v) is 8.72. The number of hydrogen-bond acceptors (Lipinski definition) is 2. The Morgan fingerprint density at radius 3 is 1.83 bits per heavy atom. The van der Waals surface area contributed by atoms with E-state index in [9.17, 15) is 0 Å². The maximum atomic E-state index is 2.63. The summed E-state index contributed by atoms with van der Waals surface area (Å²) in [7, 11) is 0. The van der Waals surface area contributed by atoms with Crippen molar-refractivity contribution < 1.29 is 0 Å². The van der Waals surface area contributed by atoms with Crippen LogP contribution in [0.5, 0.6) is 0 Å². The van der Waals surface area contributed by atoms with Gasteiger partial charge in [-0.1, -0.05) is 140 Å². The maximum absolute atomic E-state index is 2.63. The highest BCUT2D eigenvalue weighted by Gasteiger charge is 2.28. The molecule has 1 unspecified atom stereocenters. The third-order valence-corrected chi connectivity index (χ3v) is 11.1. The Kier molecular flexibility index (Phi) is 7.46. The molecule has 1 aliphatic carbocycles. The molecule has 0 amide bonds. The highest BCUT2D eigenvalue weighted by atomic mass is 15.2. The Hall–Kier alpha value is -6.38. The number of nitrogens with zero attached hydrogens (tertiary/aromatic N) is 2. The van der Waals surface area contributed by atoms with E-state index in [4.69, 9.17) is 0 Å². The smallest absolute Gasteiger partial charge is 0.0540 e. The first-order chi connectivity index (χ1) is 25.8.